The third-order valence-electron chi connectivity index (χ3n) is 4.53. The summed E-state index contributed by atoms with van der Waals surface area (Å²) in [4.78, 5) is 26.0. The third kappa shape index (κ3) is 4.99. The number of hydrogen-bond acceptors (Lipinski definition) is 7. The first kappa shape index (κ1) is 22.2. The molecule has 9 nitrogen and oxygen atoms in total. The van der Waals surface area contributed by atoms with Gasteiger partial charge in [-0.2, -0.15) is 0 Å². The van der Waals surface area contributed by atoms with Crippen molar-refractivity contribution in [1.82, 2.24) is 24.4 Å². The monoisotopic (exact) mass is 422 g/mol. The number of aliphatic hydroxyl groups is 2. The molecule has 0 fully saturated rings. The Hall–Kier alpha value is -3.48. The fourth-order valence-electron chi connectivity index (χ4n) is 3.21. The molecule has 162 valence electrons. The van der Waals surface area contributed by atoms with Gasteiger partial charge in [-0.25, -0.2) is 15.0 Å². The number of anilines is 1. The van der Waals surface area contributed by atoms with Gasteiger partial charge in [0.2, 0.25) is 11.5 Å². The molecule has 4 N–H and O–H groups in total. The number of nitrogen functional groups attached to an aromatic ring is 1. The Balaban J connectivity index is 2.14. The van der Waals surface area contributed by atoms with Crippen LogP contribution < -0.4 is 5.73 Å². The third-order valence-corrected chi connectivity index (χ3v) is 4.53. The zero-order valence-corrected chi connectivity index (χ0v) is 18.2. The van der Waals surface area contributed by atoms with Crippen molar-refractivity contribution in [2.45, 2.75) is 38.5 Å². The molecule has 0 spiro atoms. The van der Waals surface area contributed by atoms with Crippen LogP contribution in [0.3, 0.4) is 0 Å². The zero-order valence-electron chi connectivity index (χ0n) is 18.2. The molecule has 1 amide bonds. The number of nitrogens with two attached hydrogens (primary N) is 1. The van der Waals surface area contributed by atoms with Crippen molar-refractivity contribution < 1.29 is 15.0 Å². The number of amides is 1. The average Bonchev–Trinajstić information content (AvgIpc) is 3.02. The average molecular weight is 422 g/mol. The first-order valence-electron chi connectivity index (χ1n) is 9.65. The largest absolute Gasteiger partial charge is 0.389 e. The molecular weight excluding hydrogens is 396 g/mol. The maximum atomic E-state index is 12.1. The molecule has 1 unspecified atom stereocenters. The van der Waals surface area contributed by atoms with Gasteiger partial charge in [-0.1, -0.05) is 5.92 Å². The normalized spacial score (nSPS) is 13.4. The number of fused-ring (bicyclic) bond motifs is 1. The minimum absolute atomic E-state index is 0.146. The van der Waals surface area contributed by atoms with E-state index >= 15 is 0 Å². The molecular formula is C22H26N6O3. The quantitative estimate of drug-likeness (QED) is 0.536. The lowest BCUT2D eigenvalue weighted by Crippen LogP contribution is -2.42. The Morgan fingerprint density at radius 3 is 2.58 bits per heavy atom. The van der Waals surface area contributed by atoms with E-state index in [0.717, 1.165) is 16.5 Å². The second-order valence-corrected chi connectivity index (χ2v) is 8.39. The first-order chi connectivity index (χ1) is 14.4. The predicted octanol–water partition coefficient (Wildman–Crippen LogP) is 1.04. The van der Waals surface area contributed by atoms with Gasteiger partial charge < -0.3 is 25.4 Å². The van der Waals surface area contributed by atoms with Gasteiger partial charge in [-0.15, -0.1) is 0 Å². The highest BCUT2D eigenvalue weighted by Crippen LogP contribution is 2.30. The van der Waals surface area contributed by atoms with Crippen molar-refractivity contribution in [3.05, 3.63) is 36.4 Å². The molecule has 0 aromatic carbocycles. The van der Waals surface area contributed by atoms with E-state index in [1.165, 1.54) is 11.8 Å². The minimum Gasteiger partial charge on any atom is -0.389 e. The van der Waals surface area contributed by atoms with Crippen molar-refractivity contribution in [2.75, 3.05) is 19.8 Å². The van der Waals surface area contributed by atoms with Crippen LogP contribution in [0.2, 0.25) is 0 Å². The molecule has 3 rings (SSSR count). The molecule has 0 saturated heterocycles. The number of nitrogens with zero attached hydrogens (tertiary/aromatic N) is 5. The van der Waals surface area contributed by atoms with Crippen LogP contribution >= 0.6 is 0 Å². The van der Waals surface area contributed by atoms with Crippen molar-refractivity contribution in [1.29, 1.82) is 0 Å². The van der Waals surface area contributed by atoms with Gasteiger partial charge in [0.25, 0.3) is 5.91 Å². The van der Waals surface area contributed by atoms with Crippen LogP contribution in [0, 0.1) is 11.8 Å². The van der Waals surface area contributed by atoms with Crippen molar-refractivity contribution >= 4 is 22.8 Å². The van der Waals surface area contributed by atoms with E-state index in [1.54, 1.807) is 52.5 Å². The SMILES string of the molecule is CN(C)C(=O)C(C)(O)C#Cc1cc2c(-c3ccnc(N)n3)cn(CC(C)(C)O)c2cn1. The Bertz CT molecular complexity index is 1200. The summed E-state index contributed by atoms with van der Waals surface area (Å²) in [5, 5.41) is 21.5. The van der Waals surface area contributed by atoms with E-state index < -0.39 is 17.1 Å². The maximum absolute atomic E-state index is 12.1. The molecule has 0 aliphatic carbocycles. The van der Waals surface area contributed by atoms with Gasteiger partial charge in [0.1, 0.15) is 5.69 Å². The molecule has 3 aromatic rings. The summed E-state index contributed by atoms with van der Waals surface area (Å²) in [5.74, 6) is 5.01. The van der Waals surface area contributed by atoms with Crippen molar-refractivity contribution in [3.63, 3.8) is 0 Å². The van der Waals surface area contributed by atoms with Gasteiger partial charge in [0, 0.05) is 37.4 Å². The van der Waals surface area contributed by atoms with Crippen LogP contribution in [0.15, 0.2) is 30.7 Å². The maximum Gasteiger partial charge on any atom is 0.266 e. The number of pyridine rings is 1. The summed E-state index contributed by atoms with van der Waals surface area (Å²) in [7, 11) is 3.10. The highest BCUT2D eigenvalue weighted by molar-refractivity contribution is 5.95. The molecule has 3 heterocycles. The number of likely N-dealkylation sites (N-methyl/N-ethyl adjacent to an activating group) is 1. The van der Waals surface area contributed by atoms with E-state index in [4.69, 9.17) is 5.73 Å². The summed E-state index contributed by atoms with van der Waals surface area (Å²) in [6, 6.07) is 3.50. The number of rotatable bonds is 4. The lowest BCUT2D eigenvalue weighted by molar-refractivity contribution is -0.141. The van der Waals surface area contributed by atoms with E-state index in [2.05, 4.69) is 26.8 Å². The van der Waals surface area contributed by atoms with Gasteiger partial charge in [-0.05, 0) is 38.8 Å². The molecule has 0 aliphatic heterocycles. The van der Waals surface area contributed by atoms with E-state index in [-0.39, 0.29) is 5.95 Å². The zero-order chi connectivity index (χ0) is 23.0. The predicted molar refractivity (Wildman–Crippen MR) is 118 cm³/mol. The molecule has 9 heteroatoms. The number of hydrogen-bond donors (Lipinski definition) is 3. The highest BCUT2D eigenvalue weighted by Gasteiger charge is 2.29. The van der Waals surface area contributed by atoms with Gasteiger partial charge in [0.05, 0.1) is 29.6 Å². The number of carbonyl (C=O) groups excluding carboxylic acids is 1. The fraction of sp³-hybridized carbons (Fsp3) is 0.364. The molecule has 1 atom stereocenters. The van der Waals surface area contributed by atoms with Crippen LogP contribution in [0.4, 0.5) is 5.95 Å². The lowest BCUT2D eigenvalue weighted by atomic mass is 10.1. The summed E-state index contributed by atoms with van der Waals surface area (Å²) >= 11 is 0. The topological polar surface area (TPSA) is 130 Å². The van der Waals surface area contributed by atoms with E-state index in [9.17, 15) is 15.0 Å². The summed E-state index contributed by atoms with van der Waals surface area (Å²) < 4.78 is 1.89. The molecule has 3 aromatic heterocycles. The summed E-state index contributed by atoms with van der Waals surface area (Å²) in [5.41, 5.74) is 5.52. The van der Waals surface area contributed by atoms with Gasteiger partial charge in [0.15, 0.2) is 0 Å². The van der Waals surface area contributed by atoms with Crippen LogP contribution in [-0.2, 0) is 11.3 Å². The second kappa shape index (κ2) is 7.98. The second-order valence-electron chi connectivity index (χ2n) is 8.39. The molecule has 0 bridgehead atoms. The van der Waals surface area contributed by atoms with Crippen LogP contribution in [0.1, 0.15) is 26.5 Å². The van der Waals surface area contributed by atoms with Gasteiger partial charge in [-0.3, -0.25) is 4.79 Å². The Labute approximate surface area is 180 Å². The van der Waals surface area contributed by atoms with E-state index in [0.29, 0.717) is 17.9 Å². The number of aromatic nitrogens is 4. The Morgan fingerprint density at radius 1 is 1.26 bits per heavy atom. The van der Waals surface area contributed by atoms with E-state index in [1.807, 2.05) is 10.8 Å². The van der Waals surface area contributed by atoms with Crippen LogP contribution in [-0.4, -0.2) is 65.8 Å². The summed E-state index contributed by atoms with van der Waals surface area (Å²) in [6.07, 6.45) is 5.08. The molecule has 0 saturated carbocycles. The molecule has 0 radical (unpaired) electrons. The van der Waals surface area contributed by atoms with Crippen LogP contribution in [0.25, 0.3) is 22.2 Å². The molecule has 0 aliphatic rings. The van der Waals surface area contributed by atoms with Crippen LogP contribution in [0.5, 0.6) is 0 Å². The van der Waals surface area contributed by atoms with Crippen molar-refractivity contribution in [3.8, 4) is 23.1 Å². The summed E-state index contributed by atoms with van der Waals surface area (Å²) in [6.45, 7) is 5.12. The van der Waals surface area contributed by atoms with Crippen molar-refractivity contribution in [2.24, 2.45) is 0 Å². The lowest BCUT2D eigenvalue weighted by Gasteiger charge is -2.20. The first-order valence-corrected chi connectivity index (χ1v) is 9.65. The Kier molecular flexibility index (Phi) is 5.72. The standard InChI is InChI=1S/C22H26N6O3/c1-21(2,30)13-28-12-16(17-7-9-24-20(23)26-17)15-10-14(25-11-18(15)28)6-8-22(3,31)19(29)27(4)5/h7,9-12,30-31H,13H2,1-5H3,(H2,23,24,26). The minimum atomic E-state index is -1.84. The highest BCUT2D eigenvalue weighted by atomic mass is 16.3. The molecule has 31 heavy (non-hydrogen) atoms. The fourth-order valence-corrected chi connectivity index (χ4v) is 3.21. The van der Waals surface area contributed by atoms with Gasteiger partial charge >= 0.3 is 0 Å². The Morgan fingerprint density at radius 2 is 1.97 bits per heavy atom. The smallest absolute Gasteiger partial charge is 0.266 e. The number of carbonyl (C=O) groups is 1.